The fourth-order valence-electron chi connectivity index (χ4n) is 3.14. The molecule has 2 aromatic carbocycles. The Labute approximate surface area is 172 Å². The van der Waals surface area contributed by atoms with Crippen LogP contribution >= 0.6 is 11.6 Å². The fraction of sp³-hybridized carbons (Fsp3) is 0.318. The van der Waals surface area contributed by atoms with Crippen LogP contribution in [0.15, 0.2) is 59.6 Å². The SMILES string of the molecule is CCCCCCc1cn(-c2ccc(Cl)cc2)c(-c2ccc(S(C)(=O)=O)cc2)n1. The van der Waals surface area contributed by atoms with Crippen LogP contribution in [-0.2, 0) is 16.3 Å². The first-order valence-electron chi connectivity index (χ1n) is 9.53. The molecule has 148 valence electrons. The van der Waals surface area contributed by atoms with Crippen molar-refractivity contribution in [3.8, 4) is 17.1 Å². The zero-order valence-electron chi connectivity index (χ0n) is 16.2. The van der Waals surface area contributed by atoms with Crippen LogP contribution in [0.3, 0.4) is 0 Å². The third kappa shape index (κ3) is 5.03. The molecule has 0 fully saturated rings. The van der Waals surface area contributed by atoms with E-state index < -0.39 is 9.84 Å². The number of unbranched alkanes of at least 4 members (excludes halogenated alkanes) is 3. The highest BCUT2D eigenvalue weighted by molar-refractivity contribution is 7.90. The summed E-state index contributed by atoms with van der Waals surface area (Å²) in [5.41, 5.74) is 2.88. The molecule has 1 heterocycles. The van der Waals surface area contributed by atoms with Crippen LogP contribution in [0.2, 0.25) is 5.02 Å². The van der Waals surface area contributed by atoms with Crippen molar-refractivity contribution in [1.82, 2.24) is 9.55 Å². The molecule has 6 heteroatoms. The Balaban J connectivity index is 1.97. The standard InChI is InChI=1S/C22H25ClN2O2S/c1-3-4-5-6-7-19-16-25(20-12-10-18(23)11-13-20)22(24-19)17-8-14-21(15-9-17)28(2,26)27/h8-16H,3-7H2,1-2H3. The first kappa shape index (κ1) is 20.6. The lowest BCUT2D eigenvalue weighted by Gasteiger charge is -2.08. The maximum atomic E-state index is 11.7. The van der Waals surface area contributed by atoms with Gasteiger partial charge in [0.25, 0.3) is 0 Å². The van der Waals surface area contributed by atoms with Crippen molar-refractivity contribution in [3.05, 3.63) is 65.4 Å². The van der Waals surface area contributed by atoms with Gasteiger partial charge in [-0.3, -0.25) is 4.57 Å². The number of aryl methyl sites for hydroxylation is 1. The topological polar surface area (TPSA) is 52.0 Å². The second kappa shape index (κ2) is 8.93. The van der Waals surface area contributed by atoms with Crippen molar-refractivity contribution in [1.29, 1.82) is 0 Å². The molecule has 4 nitrogen and oxygen atoms in total. The van der Waals surface area contributed by atoms with Gasteiger partial charge in [-0.2, -0.15) is 0 Å². The predicted octanol–water partition coefficient (Wildman–Crippen LogP) is 5.72. The average Bonchev–Trinajstić information content (AvgIpc) is 3.09. The normalized spacial score (nSPS) is 11.7. The van der Waals surface area contributed by atoms with Gasteiger partial charge in [-0.15, -0.1) is 0 Å². The number of sulfone groups is 1. The van der Waals surface area contributed by atoms with Crippen LogP contribution in [0.1, 0.15) is 38.3 Å². The van der Waals surface area contributed by atoms with E-state index in [-0.39, 0.29) is 0 Å². The molecular formula is C22H25ClN2O2S. The maximum Gasteiger partial charge on any atom is 0.175 e. The van der Waals surface area contributed by atoms with Crippen molar-refractivity contribution >= 4 is 21.4 Å². The zero-order chi connectivity index (χ0) is 20.1. The molecule has 0 atom stereocenters. The fourth-order valence-corrected chi connectivity index (χ4v) is 3.89. The summed E-state index contributed by atoms with van der Waals surface area (Å²) in [6.07, 6.45) is 8.95. The van der Waals surface area contributed by atoms with E-state index in [2.05, 4.69) is 13.1 Å². The van der Waals surface area contributed by atoms with E-state index in [1.165, 1.54) is 25.5 Å². The minimum absolute atomic E-state index is 0.306. The summed E-state index contributed by atoms with van der Waals surface area (Å²) in [5.74, 6) is 0.799. The van der Waals surface area contributed by atoms with Gasteiger partial charge in [-0.1, -0.05) is 37.8 Å². The number of rotatable bonds is 8. The third-order valence-corrected chi connectivity index (χ3v) is 6.07. The second-order valence-corrected chi connectivity index (χ2v) is 9.46. The number of imidazole rings is 1. The molecule has 0 spiro atoms. The molecule has 0 N–H and O–H groups in total. The molecule has 0 amide bonds. The van der Waals surface area contributed by atoms with Gasteiger partial charge in [0.2, 0.25) is 0 Å². The van der Waals surface area contributed by atoms with Gasteiger partial charge in [0.15, 0.2) is 9.84 Å². The van der Waals surface area contributed by atoms with Crippen molar-refractivity contribution in [2.45, 2.75) is 43.9 Å². The largest absolute Gasteiger partial charge is 0.300 e. The van der Waals surface area contributed by atoms with Crippen LogP contribution in [0.25, 0.3) is 17.1 Å². The van der Waals surface area contributed by atoms with E-state index in [9.17, 15) is 8.42 Å². The van der Waals surface area contributed by atoms with Gasteiger partial charge >= 0.3 is 0 Å². The molecule has 0 saturated heterocycles. The Hall–Kier alpha value is -2.11. The Bertz CT molecular complexity index is 1020. The Morgan fingerprint density at radius 3 is 2.25 bits per heavy atom. The number of hydrogen-bond acceptors (Lipinski definition) is 3. The summed E-state index contributed by atoms with van der Waals surface area (Å²) in [5, 5.41) is 0.683. The van der Waals surface area contributed by atoms with Crippen molar-refractivity contribution < 1.29 is 8.42 Å². The van der Waals surface area contributed by atoms with Crippen molar-refractivity contribution in [3.63, 3.8) is 0 Å². The van der Waals surface area contributed by atoms with Crippen LogP contribution < -0.4 is 0 Å². The van der Waals surface area contributed by atoms with Crippen LogP contribution in [0.5, 0.6) is 0 Å². The van der Waals surface area contributed by atoms with Gasteiger partial charge in [0, 0.05) is 28.7 Å². The zero-order valence-corrected chi connectivity index (χ0v) is 17.8. The number of nitrogens with zero attached hydrogens (tertiary/aromatic N) is 2. The number of benzene rings is 2. The average molecular weight is 417 g/mol. The highest BCUT2D eigenvalue weighted by Crippen LogP contribution is 2.26. The predicted molar refractivity (Wildman–Crippen MR) is 115 cm³/mol. The maximum absolute atomic E-state index is 11.7. The molecule has 0 aliphatic carbocycles. The quantitative estimate of drug-likeness (QED) is 0.441. The van der Waals surface area contributed by atoms with Gasteiger partial charge in [-0.05, 0) is 61.4 Å². The molecular weight excluding hydrogens is 392 g/mol. The molecule has 0 aliphatic rings. The summed E-state index contributed by atoms with van der Waals surface area (Å²) in [6.45, 7) is 2.20. The lowest BCUT2D eigenvalue weighted by molar-refractivity contribution is 0.602. The molecule has 1 aromatic heterocycles. The lowest BCUT2D eigenvalue weighted by Crippen LogP contribution is -1.98. The van der Waals surface area contributed by atoms with E-state index >= 15 is 0 Å². The van der Waals surface area contributed by atoms with E-state index in [0.29, 0.717) is 9.92 Å². The first-order chi connectivity index (χ1) is 13.4. The monoisotopic (exact) mass is 416 g/mol. The molecule has 3 rings (SSSR count). The molecule has 0 saturated carbocycles. The molecule has 0 radical (unpaired) electrons. The van der Waals surface area contributed by atoms with Crippen LogP contribution in [0.4, 0.5) is 0 Å². The van der Waals surface area contributed by atoms with Crippen LogP contribution in [0, 0.1) is 0 Å². The van der Waals surface area contributed by atoms with E-state index in [0.717, 1.165) is 35.6 Å². The summed E-state index contributed by atoms with van der Waals surface area (Å²) in [4.78, 5) is 5.16. The summed E-state index contributed by atoms with van der Waals surface area (Å²) in [6, 6.07) is 14.5. The summed E-state index contributed by atoms with van der Waals surface area (Å²) < 4.78 is 25.5. The van der Waals surface area contributed by atoms with E-state index in [4.69, 9.17) is 16.6 Å². The summed E-state index contributed by atoms with van der Waals surface area (Å²) in [7, 11) is -3.22. The third-order valence-electron chi connectivity index (χ3n) is 4.69. The number of halogens is 1. The first-order valence-corrected chi connectivity index (χ1v) is 11.8. The van der Waals surface area contributed by atoms with Crippen LogP contribution in [-0.4, -0.2) is 24.2 Å². The van der Waals surface area contributed by atoms with Gasteiger partial charge < -0.3 is 0 Å². The molecule has 0 bridgehead atoms. The minimum atomic E-state index is -3.22. The molecule has 0 unspecified atom stereocenters. The Morgan fingerprint density at radius 1 is 0.964 bits per heavy atom. The van der Waals surface area contributed by atoms with Crippen molar-refractivity contribution in [2.24, 2.45) is 0 Å². The number of hydrogen-bond donors (Lipinski definition) is 0. The molecule has 0 aliphatic heterocycles. The van der Waals surface area contributed by atoms with E-state index in [1.54, 1.807) is 12.1 Å². The van der Waals surface area contributed by atoms with Gasteiger partial charge in [0.05, 0.1) is 10.6 Å². The second-order valence-electron chi connectivity index (χ2n) is 7.01. The van der Waals surface area contributed by atoms with Crippen molar-refractivity contribution in [2.75, 3.05) is 6.26 Å². The highest BCUT2D eigenvalue weighted by Gasteiger charge is 2.14. The van der Waals surface area contributed by atoms with E-state index in [1.807, 2.05) is 41.0 Å². The summed E-state index contributed by atoms with van der Waals surface area (Å²) >= 11 is 6.04. The minimum Gasteiger partial charge on any atom is -0.300 e. The molecule has 28 heavy (non-hydrogen) atoms. The lowest BCUT2D eigenvalue weighted by atomic mass is 10.1. The Morgan fingerprint density at radius 2 is 1.64 bits per heavy atom. The van der Waals surface area contributed by atoms with Gasteiger partial charge in [0.1, 0.15) is 5.82 Å². The molecule has 3 aromatic rings. The highest BCUT2D eigenvalue weighted by atomic mass is 35.5. The number of aromatic nitrogens is 2. The smallest absolute Gasteiger partial charge is 0.175 e. The van der Waals surface area contributed by atoms with Gasteiger partial charge in [-0.25, -0.2) is 13.4 Å². The Kier molecular flexibility index (Phi) is 6.57.